The van der Waals surface area contributed by atoms with E-state index >= 15 is 0 Å². The molecule has 82 valence electrons. The van der Waals surface area contributed by atoms with Crippen LogP contribution in [0.2, 0.25) is 0 Å². The maximum absolute atomic E-state index is 6.19. The van der Waals surface area contributed by atoms with E-state index in [0.29, 0.717) is 0 Å². The van der Waals surface area contributed by atoms with Crippen LogP contribution in [0.25, 0.3) is 0 Å². The summed E-state index contributed by atoms with van der Waals surface area (Å²) in [6.45, 7) is 6.60. The lowest BCUT2D eigenvalue weighted by molar-refractivity contribution is 0.392. The SMILES string of the molecule is COc1ccc(C)c2c1C(C)(C)C[C@H]2N. The van der Waals surface area contributed by atoms with E-state index in [2.05, 4.69) is 26.8 Å². The molecule has 0 radical (unpaired) electrons. The monoisotopic (exact) mass is 205 g/mol. The fourth-order valence-electron chi connectivity index (χ4n) is 2.80. The Bertz CT molecular complexity index is 396. The molecule has 0 aromatic heterocycles. The molecule has 1 aromatic carbocycles. The van der Waals surface area contributed by atoms with Crippen LogP contribution in [0.1, 0.15) is 43.0 Å². The molecular weight excluding hydrogens is 186 g/mol. The van der Waals surface area contributed by atoms with Crippen molar-refractivity contribution in [2.24, 2.45) is 5.73 Å². The van der Waals surface area contributed by atoms with Gasteiger partial charge in [0.15, 0.2) is 0 Å². The molecule has 15 heavy (non-hydrogen) atoms. The van der Waals surface area contributed by atoms with Gasteiger partial charge >= 0.3 is 0 Å². The first-order valence-corrected chi connectivity index (χ1v) is 5.41. The largest absolute Gasteiger partial charge is 0.496 e. The fraction of sp³-hybridized carbons (Fsp3) is 0.538. The predicted octanol–water partition coefficient (Wildman–Crippen LogP) is 2.68. The first-order chi connectivity index (χ1) is 6.97. The maximum atomic E-state index is 6.19. The van der Waals surface area contributed by atoms with E-state index in [1.165, 1.54) is 16.7 Å². The van der Waals surface area contributed by atoms with Crippen molar-refractivity contribution in [2.75, 3.05) is 7.11 Å². The Morgan fingerprint density at radius 2 is 2.07 bits per heavy atom. The molecule has 2 heteroatoms. The quantitative estimate of drug-likeness (QED) is 0.765. The molecule has 0 saturated heterocycles. The van der Waals surface area contributed by atoms with Gasteiger partial charge in [-0.2, -0.15) is 0 Å². The maximum Gasteiger partial charge on any atom is 0.122 e. The lowest BCUT2D eigenvalue weighted by Crippen LogP contribution is -2.15. The normalized spacial score (nSPS) is 22.6. The minimum atomic E-state index is 0.131. The Labute approximate surface area is 91.4 Å². The second-order valence-corrected chi connectivity index (χ2v) is 5.07. The highest BCUT2D eigenvalue weighted by molar-refractivity contribution is 5.53. The van der Waals surface area contributed by atoms with Gasteiger partial charge in [0.1, 0.15) is 5.75 Å². The van der Waals surface area contributed by atoms with Gasteiger partial charge in [-0.25, -0.2) is 0 Å². The smallest absolute Gasteiger partial charge is 0.122 e. The second-order valence-electron chi connectivity index (χ2n) is 5.07. The highest BCUT2D eigenvalue weighted by Crippen LogP contribution is 2.48. The van der Waals surface area contributed by atoms with E-state index in [0.717, 1.165) is 12.2 Å². The Morgan fingerprint density at radius 3 is 2.67 bits per heavy atom. The number of nitrogens with two attached hydrogens (primary N) is 1. The molecule has 1 aliphatic carbocycles. The first-order valence-electron chi connectivity index (χ1n) is 5.41. The lowest BCUT2D eigenvalue weighted by Gasteiger charge is -2.21. The molecule has 2 nitrogen and oxygen atoms in total. The number of benzene rings is 1. The molecule has 0 spiro atoms. The van der Waals surface area contributed by atoms with Gasteiger partial charge in [-0.3, -0.25) is 0 Å². The van der Waals surface area contributed by atoms with Crippen LogP contribution >= 0.6 is 0 Å². The summed E-state index contributed by atoms with van der Waals surface area (Å²) in [5, 5.41) is 0. The Kier molecular flexibility index (Phi) is 2.27. The van der Waals surface area contributed by atoms with Crippen LogP contribution in [0.15, 0.2) is 12.1 Å². The zero-order valence-corrected chi connectivity index (χ0v) is 9.92. The predicted molar refractivity (Wildman–Crippen MR) is 62.3 cm³/mol. The summed E-state index contributed by atoms with van der Waals surface area (Å²) >= 11 is 0. The van der Waals surface area contributed by atoms with Crippen LogP contribution in [0, 0.1) is 6.92 Å². The molecule has 0 bridgehead atoms. The van der Waals surface area contributed by atoms with Crippen molar-refractivity contribution in [3.63, 3.8) is 0 Å². The van der Waals surface area contributed by atoms with E-state index in [-0.39, 0.29) is 11.5 Å². The van der Waals surface area contributed by atoms with Crippen LogP contribution in [0.4, 0.5) is 0 Å². The molecule has 2 N–H and O–H groups in total. The first kappa shape index (κ1) is 10.5. The minimum Gasteiger partial charge on any atom is -0.496 e. The Morgan fingerprint density at radius 1 is 1.40 bits per heavy atom. The van der Waals surface area contributed by atoms with Crippen molar-refractivity contribution in [3.05, 3.63) is 28.8 Å². The molecule has 0 fully saturated rings. The van der Waals surface area contributed by atoms with Crippen LogP contribution < -0.4 is 10.5 Å². The summed E-state index contributed by atoms with van der Waals surface area (Å²) in [5.74, 6) is 0.980. The molecule has 1 aromatic rings. The van der Waals surface area contributed by atoms with Gasteiger partial charge in [-0.05, 0) is 36.0 Å². The Hall–Kier alpha value is -1.02. The van der Waals surface area contributed by atoms with E-state index in [9.17, 15) is 0 Å². The third kappa shape index (κ3) is 1.44. The third-order valence-electron chi connectivity index (χ3n) is 3.42. The molecular formula is C13H19NO. The fourth-order valence-corrected chi connectivity index (χ4v) is 2.80. The van der Waals surface area contributed by atoms with Crippen LogP contribution in [0.5, 0.6) is 5.75 Å². The number of aryl methyl sites for hydroxylation is 1. The molecule has 0 amide bonds. The zero-order chi connectivity index (χ0) is 11.2. The number of hydrogen-bond donors (Lipinski definition) is 1. The van der Waals surface area contributed by atoms with Gasteiger partial charge in [-0.1, -0.05) is 19.9 Å². The number of hydrogen-bond acceptors (Lipinski definition) is 2. The summed E-state index contributed by atoms with van der Waals surface area (Å²) in [5.41, 5.74) is 10.2. The van der Waals surface area contributed by atoms with E-state index in [4.69, 9.17) is 10.5 Å². The average Bonchev–Trinajstić information content (AvgIpc) is 2.39. The zero-order valence-electron chi connectivity index (χ0n) is 9.92. The lowest BCUT2D eigenvalue weighted by atomic mass is 9.85. The van der Waals surface area contributed by atoms with Crippen molar-refractivity contribution < 1.29 is 4.74 Å². The van der Waals surface area contributed by atoms with Crippen molar-refractivity contribution >= 4 is 0 Å². The van der Waals surface area contributed by atoms with Crippen LogP contribution in [0.3, 0.4) is 0 Å². The summed E-state index contributed by atoms with van der Waals surface area (Å²) in [7, 11) is 1.73. The molecule has 0 saturated carbocycles. The van der Waals surface area contributed by atoms with E-state index in [1.54, 1.807) is 7.11 Å². The van der Waals surface area contributed by atoms with Crippen molar-refractivity contribution in [1.82, 2.24) is 0 Å². The molecule has 1 aliphatic rings. The van der Waals surface area contributed by atoms with Gasteiger partial charge < -0.3 is 10.5 Å². The molecule has 1 atom stereocenters. The van der Waals surface area contributed by atoms with Gasteiger partial charge in [-0.15, -0.1) is 0 Å². The van der Waals surface area contributed by atoms with E-state index in [1.807, 2.05) is 6.07 Å². The number of rotatable bonds is 1. The molecule has 0 heterocycles. The van der Waals surface area contributed by atoms with Gasteiger partial charge in [0.2, 0.25) is 0 Å². The summed E-state index contributed by atoms with van der Waals surface area (Å²) in [6, 6.07) is 4.30. The average molecular weight is 205 g/mol. The van der Waals surface area contributed by atoms with Crippen LogP contribution in [-0.4, -0.2) is 7.11 Å². The van der Waals surface area contributed by atoms with Gasteiger partial charge in [0, 0.05) is 11.6 Å². The topological polar surface area (TPSA) is 35.2 Å². The molecule has 0 aliphatic heterocycles. The second kappa shape index (κ2) is 3.24. The standard InChI is InChI=1S/C13H19NO/c1-8-5-6-10(15-4)12-11(8)9(14)7-13(12,2)3/h5-6,9H,7,14H2,1-4H3/t9-/m1/s1. The number of fused-ring (bicyclic) bond motifs is 1. The van der Waals surface area contributed by atoms with Gasteiger partial charge in [0.25, 0.3) is 0 Å². The molecule has 0 unspecified atom stereocenters. The minimum absolute atomic E-state index is 0.131. The number of ether oxygens (including phenoxy) is 1. The summed E-state index contributed by atoms with van der Waals surface area (Å²) in [6.07, 6.45) is 1.00. The van der Waals surface area contributed by atoms with Crippen molar-refractivity contribution in [3.8, 4) is 5.75 Å². The summed E-state index contributed by atoms with van der Waals surface area (Å²) < 4.78 is 5.44. The summed E-state index contributed by atoms with van der Waals surface area (Å²) in [4.78, 5) is 0. The highest BCUT2D eigenvalue weighted by Gasteiger charge is 2.38. The molecule has 2 rings (SSSR count). The van der Waals surface area contributed by atoms with Crippen LogP contribution in [-0.2, 0) is 5.41 Å². The number of methoxy groups -OCH3 is 1. The van der Waals surface area contributed by atoms with Crippen molar-refractivity contribution in [1.29, 1.82) is 0 Å². The Balaban J connectivity index is 2.71. The van der Waals surface area contributed by atoms with E-state index < -0.39 is 0 Å². The highest BCUT2D eigenvalue weighted by atomic mass is 16.5. The van der Waals surface area contributed by atoms with Crippen molar-refractivity contribution in [2.45, 2.75) is 38.6 Å². The third-order valence-corrected chi connectivity index (χ3v) is 3.42. The van der Waals surface area contributed by atoms with Gasteiger partial charge in [0.05, 0.1) is 7.11 Å².